The Bertz CT molecular complexity index is 1010. The lowest BCUT2D eigenvalue weighted by atomic mass is 10.1. The second kappa shape index (κ2) is 9.61. The van der Waals surface area contributed by atoms with Crippen LogP contribution in [0.1, 0.15) is 29.4 Å². The van der Waals surface area contributed by atoms with Gasteiger partial charge in [-0.3, -0.25) is 19.3 Å². The predicted molar refractivity (Wildman–Crippen MR) is 113 cm³/mol. The molecule has 0 unspecified atom stereocenters. The molecule has 0 radical (unpaired) electrons. The molecular weight excluding hydrogens is 404 g/mol. The first-order chi connectivity index (χ1) is 14.8. The van der Waals surface area contributed by atoms with Crippen LogP contribution in [0.25, 0.3) is 10.9 Å². The maximum atomic E-state index is 12.9. The molecule has 10 nitrogen and oxygen atoms in total. The minimum Gasteiger partial charge on any atom is -0.466 e. The Morgan fingerprint density at radius 1 is 1.29 bits per heavy atom. The number of aromatic nitrogens is 1. The predicted octanol–water partition coefficient (Wildman–Crippen LogP) is 0.955. The number of hydrogen-bond acceptors (Lipinski definition) is 7. The molecule has 0 spiro atoms. The number of hydrogen-bond donors (Lipinski definition) is 3. The van der Waals surface area contributed by atoms with Gasteiger partial charge in [-0.15, -0.1) is 0 Å². The monoisotopic (exact) mass is 430 g/mol. The summed E-state index contributed by atoms with van der Waals surface area (Å²) in [4.78, 5) is 53.9. The highest BCUT2D eigenvalue weighted by Crippen LogP contribution is 2.29. The minimum absolute atomic E-state index is 0.128. The molecule has 2 heterocycles. The number of H-pyrrole nitrogens is 1. The number of methoxy groups -OCH3 is 1. The summed E-state index contributed by atoms with van der Waals surface area (Å²) in [6.45, 7) is 4.44. The standard InChI is InChI=1S/C21H26N4O6/c1-4-31-17(27)10-15-20(28)22-7-8-25(15)11-16(26)24-18-13-9-12(2)5-6-14(13)23-19(18)21(29)30-3/h5-6,9,15,23H,4,7-8,10-11H2,1-3H3,(H,22,28)(H,24,26)/t15-/m1/s1. The molecule has 3 N–H and O–H groups in total. The molecule has 31 heavy (non-hydrogen) atoms. The number of carbonyl (C=O) groups excluding carboxylic acids is 4. The molecule has 0 saturated carbocycles. The van der Waals surface area contributed by atoms with Gasteiger partial charge in [-0.05, 0) is 26.0 Å². The summed E-state index contributed by atoms with van der Waals surface area (Å²) in [5, 5.41) is 6.16. The van der Waals surface area contributed by atoms with Crippen molar-refractivity contribution in [2.75, 3.05) is 38.7 Å². The molecule has 0 bridgehead atoms. The minimum atomic E-state index is -0.802. The van der Waals surface area contributed by atoms with Crippen LogP contribution < -0.4 is 10.6 Å². The smallest absolute Gasteiger partial charge is 0.356 e. The van der Waals surface area contributed by atoms with Crippen LogP contribution in [0, 0.1) is 6.92 Å². The second-order valence-corrected chi connectivity index (χ2v) is 7.25. The molecule has 1 fully saturated rings. The number of ether oxygens (including phenoxy) is 2. The van der Waals surface area contributed by atoms with Gasteiger partial charge in [0.05, 0.1) is 32.4 Å². The van der Waals surface area contributed by atoms with Gasteiger partial charge in [0.1, 0.15) is 11.7 Å². The third-order valence-electron chi connectivity index (χ3n) is 5.06. The number of nitrogens with zero attached hydrogens (tertiary/aromatic N) is 1. The van der Waals surface area contributed by atoms with Gasteiger partial charge in [-0.25, -0.2) is 4.79 Å². The lowest BCUT2D eigenvalue weighted by Gasteiger charge is -2.33. The van der Waals surface area contributed by atoms with E-state index in [0.29, 0.717) is 29.7 Å². The van der Waals surface area contributed by atoms with Crippen LogP contribution in [-0.4, -0.2) is 73.0 Å². The Kier molecular flexibility index (Phi) is 6.91. The zero-order valence-electron chi connectivity index (χ0n) is 17.7. The van der Waals surface area contributed by atoms with Crippen LogP contribution in [-0.2, 0) is 23.9 Å². The van der Waals surface area contributed by atoms with Crippen LogP contribution in [0.5, 0.6) is 0 Å². The summed E-state index contributed by atoms with van der Waals surface area (Å²) in [5.74, 6) is -1.86. The third-order valence-corrected chi connectivity index (χ3v) is 5.06. The van der Waals surface area contributed by atoms with Crippen molar-refractivity contribution >= 4 is 40.3 Å². The SMILES string of the molecule is CCOC(=O)C[C@@H]1C(=O)NCCN1CC(=O)Nc1c(C(=O)OC)[nH]c2ccc(C)cc12. The van der Waals surface area contributed by atoms with E-state index in [2.05, 4.69) is 15.6 Å². The lowest BCUT2D eigenvalue weighted by Crippen LogP contribution is -2.57. The first-order valence-corrected chi connectivity index (χ1v) is 10.0. The van der Waals surface area contributed by atoms with Gasteiger partial charge in [0.15, 0.2) is 0 Å². The summed E-state index contributed by atoms with van der Waals surface area (Å²) < 4.78 is 9.77. The van der Waals surface area contributed by atoms with Crippen LogP contribution in [0.2, 0.25) is 0 Å². The Labute approximate surface area is 179 Å². The summed E-state index contributed by atoms with van der Waals surface area (Å²) in [5.41, 5.74) is 2.09. The zero-order chi connectivity index (χ0) is 22.5. The average Bonchev–Trinajstić information content (AvgIpc) is 3.07. The van der Waals surface area contributed by atoms with E-state index in [-0.39, 0.29) is 31.2 Å². The Morgan fingerprint density at radius 2 is 2.06 bits per heavy atom. The van der Waals surface area contributed by atoms with Crippen LogP contribution >= 0.6 is 0 Å². The molecule has 2 aromatic rings. The van der Waals surface area contributed by atoms with Crippen molar-refractivity contribution in [1.29, 1.82) is 0 Å². The molecule has 166 valence electrons. The summed E-state index contributed by atoms with van der Waals surface area (Å²) >= 11 is 0. The topological polar surface area (TPSA) is 130 Å². The molecule has 1 aliphatic heterocycles. The number of anilines is 1. The molecule has 0 aliphatic carbocycles. The summed E-state index contributed by atoms with van der Waals surface area (Å²) in [6.07, 6.45) is -0.146. The number of benzene rings is 1. The van der Waals surface area contributed by atoms with E-state index in [1.165, 1.54) is 7.11 Å². The van der Waals surface area contributed by atoms with Crippen molar-refractivity contribution in [3.8, 4) is 0 Å². The Morgan fingerprint density at radius 3 is 2.77 bits per heavy atom. The van der Waals surface area contributed by atoms with E-state index in [4.69, 9.17) is 9.47 Å². The van der Waals surface area contributed by atoms with E-state index in [9.17, 15) is 19.2 Å². The third kappa shape index (κ3) is 5.02. The van der Waals surface area contributed by atoms with E-state index in [1.807, 2.05) is 25.1 Å². The fourth-order valence-electron chi connectivity index (χ4n) is 3.61. The Hall–Kier alpha value is -3.40. The molecule has 10 heteroatoms. The van der Waals surface area contributed by atoms with E-state index in [0.717, 1.165) is 5.56 Å². The van der Waals surface area contributed by atoms with Gasteiger partial charge in [0, 0.05) is 24.0 Å². The average molecular weight is 430 g/mol. The maximum absolute atomic E-state index is 12.9. The largest absolute Gasteiger partial charge is 0.466 e. The highest BCUT2D eigenvalue weighted by molar-refractivity contribution is 6.11. The number of aromatic amines is 1. The van der Waals surface area contributed by atoms with Gasteiger partial charge < -0.3 is 25.1 Å². The van der Waals surface area contributed by atoms with Crippen molar-refractivity contribution in [1.82, 2.24) is 15.2 Å². The molecule has 1 atom stereocenters. The number of rotatable bonds is 7. The molecule has 1 aromatic carbocycles. The van der Waals surface area contributed by atoms with Crippen molar-refractivity contribution < 1.29 is 28.7 Å². The maximum Gasteiger partial charge on any atom is 0.356 e. The summed E-state index contributed by atoms with van der Waals surface area (Å²) in [7, 11) is 1.26. The van der Waals surface area contributed by atoms with Gasteiger partial charge in [0.2, 0.25) is 11.8 Å². The highest BCUT2D eigenvalue weighted by Gasteiger charge is 2.33. The number of piperazine rings is 1. The first-order valence-electron chi connectivity index (χ1n) is 10.0. The fraction of sp³-hybridized carbons (Fsp3) is 0.429. The van der Waals surface area contributed by atoms with Crippen molar-refractivity contribution in [3.05, 3.63) is 29.5 Å². The number of carbonyl (C=O) groups is 4. The second-order valence-electron chi connectivity index (χ2n) is 7.25. The van der Waals surface area contributed by atoms with Crippen molar-refractivity contribution in [2.24, 2.45) is 0 Å². The summed E-state index contributed by atoms with van der Waals surface area (Å²) in [6, 6.07) is 4.75. The van der Waals surface area contributed by atoms with Gasteiger partial charge in [-0.2, -0.15) is 0 Å². The number of nitrogens with one attached hydrogen (secondary N) is 3. The number of aryl methyl sites for hydroxylation is 1. The quantitative estimate of drug-likeness (QED) is 0.558. The Balaban J connectivity index is 1.81. The normalized spacial score (nSPS) is 16.6. The number of fused-ring (bicyclic) bond motifs is 1. The highest BCUT2D eigenvalue weighted by atomic mass is 16.5. The molecule has 3 rings (SSSR count). The number of esters is 2. The molecule has 2 amide bonds. The number of amides is 2. The fourth-order valence-corrected chi connectivity index (χ4v) is 3.61. The zero-order valence-corrected chi connectivity index (χ0v) is 17.7. The van der Waals surface area contributed by atoms with Gasteiger partial charge >= 0.3 is 11.9 Å². The van der Waals surface area contributed by atoms with E-state index in [1.54, 1.807) is 11.8 Å². The van der Waals surface area contributed by atoms with Gasteiger partial charge in [0.25, 0.3) is 0 Å². The molecule has 1 saturated heterocycles. The lowest BCUT2D eigenvalue weighted by molar-refractivity contribution is -0.148. The van der Waals surface area contributed by atoms with E-state index < -0.39 is 23.9 Å². The molecular formula is C21H26N4O6. The molecule has 1 aromatic heterocycles. The van der Waals surface area contributed by atoms with Crippen LogP contribution in [0.15, 0.2) is 18.2 Å². The van der Waals surface area contributed by atoms with Crippen LogP contribution in [0.4, 0.5) is 5.69 Å². The first kappa shape index (κ1) is 22.3. The van der Waals surface area contributed by atoms with Crippen LogP contribution in [0.3, 0.4) is 0 Å². The van der Waals surface area contributed by atoms with Gasteiger partial charge in [-0.1, -0.05) is 11.6 Å². The van der Waals surface area contributed by atoms with Crippen molar-refractivity contribution in [3.63, 3.8) is 0 Å². The molecule has 1 aliphatic rings. The van der Waals surface area contributed by atoms with Crippen molar-refractivity contribution in [2.45, 2.75) is 26.3 Å². The van der Waals surface area contributed by atoms with E-state index >= 15 is 0 Å².